The molecule has 1 unspecified atom stereocenters. The first-order chi connectivity index (χ1) is 8.70. The standard InChI is InChI=1S/C13H22N2O3/c1-18-13(17)11-3-6-15(7-4-11)12(16)8-10-2-5-14-9-10/h10-11,14H,2-9H2,1H3. The Morgan fingerprint density at radius 1 is 1.28 bits per heavy atom. The fraction of sp³-hybridized carbons (Fsp3) is 0.846. The minimum atomic E-state index is -0.137. The zero-order valence-corrected chi connectivity index (χ0v) is 11.0. The first-order valence-corrected chi connectivity index (χ1v) is 6.77. The molecule has 0 spiro atoms. The van der Waals surface area contributed by atoms with Gasteiger partial charge in [-0.1, -0.05) is 0 Å². The van der Waals surface area contributed by atoms with E-state index >= 15 is 0 Å². The third kappa shape index (κ3) is 3.22. The van der Waals surface area contributed by atoms with E-state index in [4.69, 9.17) is 4.74 Å². The van der Waals surface area contributed by atoms with Crippen molar-refractivity contribution < 1.29 is 14.3 Å². The summed E-state index contributed by atoms with van der Waals surface area (Å²) in [4.78, 5) is 25.4. The van der Waals surface area contributed by atoms with E-state index in [9.17, 15) is 9.59 Å². The number of likely N-dealkylation sites (tertiary alicyclic amines) is 1. The number of nitrogens with one attached hydrogen (secondary N) is 1. The number of carbonyl (C=O) groups is 2. The van der Waals surface area contributed by atoms with E-state index in [-0.39, 0.29) is 17.8 Å². The summed E-state index contributed by atoms with van der Waals surface area (Å²) in [5, 5.41) is 3.28. The molecule has 0 radical (unpaired) electrons. The Morgan fingerprint density at radius 3 is 2.56 bits per heavy atom. The van der Waals surface area contributed by atoms with Gasteiger partial charge in [0.2, 0.25) is 5.91 Å². The summed E-state index contributed by atoms with van der Waals surface area (Å²) in [7, 11) is 1.42. The number of nitrogens with zero attached hydrogens (tertiary/aromatic N) is 1. The number of hydrogen-bond acceptors (Lipinski definition) is 4. The van der Waals surface area contributed by atoms with Crippen molar-refractivity contribution in [2.45, 2.75) is 25.7 Å². The van der Waals surface area contributed by atoms with E-state index in [0.29, 0.717) is 25.4 Å². The number of piperidine rings is 1. The van der Waals surface area contributed by atoms with Crippen LogP contribution in [0.4, 0.5) is 0 Å². The molecule has 5 heteroatoms. The van der Waals surface area contributed by atoms with Crippen molar-refractivity contribution in [1.82, 2.24) is 10.2 Å². The van der Waals surface area contributed by atoms with E-state index in [2.05, 4.69) is 5.32 Å². The van der Waals surface area contributed by atoms with Gasteiger partial charge >= 0.3 is 5.97 Å². The highest BCUT2D eigenvalue weighted by Crippen LogP contribution is 2.21. The molecule has 1 N–H and O–H groups in total. The van der Waals surface area contributed by atoms with Gasteiger partial charge in [-0.25, -0.2) is 0 Å². The maximum absolute atomic E-state index is 12.1. The Balaban J connectivity index is 1.74. The van der Waals surface area contributed by atoms with Gasteiger partial charge in [-0.05, 0) is 38.3 Å². The normalized spacial score (nSPS) is 25.2. The second-order valence-electron chi connectivity index (χ2n) is 5.24. The van der Waals surface area contributed by atoms with Gasteiger partial charge in [-0.15, -0.1) is 0 Å². The smallest absolute Gasteiger partial charge is 0.308 e. The zero-order chi connectivity index (χ0) is 13.0. The van der Waals surface area contributed by atoms with Crippen LogP contribution in [-0.4, -0.2) is 50.1 Å². The lowest BCUT2D eigenvalue weighted by Crippen LogP contribution is -2.41. The number of ether oxygens (including phenoxy) is 1. The Morgan fingerprint density at radius 2 is 2.00 bits per heavy atom. The van der Waals surface area contributed by atoms with Gasteiger partial charge in [0.05, 0.1) is 13.0 Å². The molecule has 2 rings (SSSR count). The van der Waals surface area contributed by atoms with Crippen molar-refractivity contribution in [1.29, 1.82) is 0 Å². The van der Waals surface area contributed by atoms with Gasteiger partial charge in [0.25, 0.3) is 0 Å². The van der Waals surface area contributed by atoms with Crippen LogP contribution in [0, 0.1) is 11.8 Å². The highest BCUT2D eigenvalue weighted by molar-refractivity contribution is 5.77. The van der Waals surface area contributed by atoms with Crippen LogP contribution in [0.25, 0.3) is 0 Å². The van der Waals surface area contributed by atoms with Gasteiger partial charge in [0.15, 0.2) is 0 Å². The van der Waals surface area contributed by atoms with Crippen molar-refractivity contribution in [2.24, 2.45) is 11.8 Å². The summed E-state index contributed by atoms with van der Waals surface area (Å²) >= 11 is 0. The van der Waals surface area contributed by atoms with Gasteiger partial charge in [0.1, 0.15) is 0 Å². The lowest BCUT2D eigenvalue weighted by atomic mass is 9.96. The Hall–Kier alpha value is -1.10. The van der Waals surface area contributed by atoms with Crippen molar-refractivity contribution in [3.63, 3.8) is 0 Å². The molecule has 0 aromatic heterocycles. The van der Waals surface area contributed by atoms with Gasteiger partial charge in [0, 0.05) is 19.5 Å². The Labute approximate surface area is 108 Å². The number of esters is 1. The lowest BCUT2D eigenvalue weighted by molar-refractivity contribution is -0.149. The van der Waals surface area contributed by atoms with E-state index in [1.54, 1.807) is 0 Å². The molecule has 0 saturated carbocycles. The van der Waals surface area contributed by atoms with E-state index in [1.165, 1.54) is 7.11 Å². The lowest BCUT2D eigenvalue weighted by Gasteiger charge is -2.31. The number of methoxy groups -OCH3 is 1. The SMILES string of the molecule is COC(=O)C1CCN(C(=O)CC2CCNC2)CC1. The van der Waals surface area contributed by atoms with Crippen LogP contribution in [-0.2, 0) is 14.3 Å². The second kappa shape index (κ2) is 6.18. The number of amides is 1. The molecule has 2 aliphatic rings. The van der Waals surface area contributed by atoms with Crippen molar-refractivity contribution in [3.8, 4) is 0 Å². The maximum Gasteiger partial charge on any atom is 0.308 e. The summed E-state index contributed by atoms with van der Waals surface area (Å²) in [5.74, 6) is 0.581. The molecule has 2 heterocycles. The van der Waals surface area contributed by atoms with E-state index < -0.39 is 0 Å². The predicted molar refractivity (Wildman–Crippen MR) is 66.9 cm³/mol. The molecule has 0 aromatic carbocycles. The first-order valence-electron chi connectivity index (χ1n) is 6.77. The second-order valence-corrected chi connectivity index (χ2v) is 5.24. The Kier molecular flexibility index (Phi) is 4.58. The van der Waals surface area contributed by atoms with Crippen molar-refractivity contribution in [3.05, 3.63) is 0 Å². The summed E-state index contributed by atoms with van der Waals surface area (Å²) < 4.78 is 4.74. The van der Waals surface area contributed by atoms with Crippen molar-refractivity contribution >= 4 is 11.9 Å². The topological polar surface area (TPSA) is 58.6 Å². The number of hydrogen-bond donors (Lipinski definition) is 1. The van der Waals surface area contributed by atoms with Crippen LogP contribution in [0.3, 0.4) is 0 Å². The summed E-state index contributed by atoms with van der Waals surface area (Å²) in [6.45, 7) is 3.38. The highest BCUT2D eigenvalue weighted by atomic mass is 16.5. The molecular formula is C13H22N2O3. The average molecular weight is 254 g/mol. The van der Waals surface area contributed by atoms with Crippen LogP contribution in [0.2, 0.25) is 0 Å². The molecule has 18 heavy (non-hydrogen) atoms. The summed E-state index contributed by atoms with van der Waals surface area (Å²) in [5.41, 5.74) is 0. The van der Waals surface area contributed by atoms with Gasteiger partial charge < -0.3 is 15.0 Å². The quantitative estimate of drug-likeness (QED) is 0.741. The summed E-state index contributed by atoms with van der Waals surface area (Å²) in [6, 6.07) is 0. The van der Waals surface area contributed by atoms with Crippen LogP contribution in [0.1, 0.15) is 25.7 Å². The number of carbonyl (C=O) groups excluding carboxylic acids is 2. The molecule has 0 bridgehead atoms. The highest BCUT2D eigenvalue weighted by Gasteiger charge is 2.29. The largest absolute Gasteiger partial charge is 0.469 e. The third-order valence-electron chi connectivity index (χ3n) is 4.01. The summed E-state index contributed by atoms with van der Waals surface area (Å²) in [6.07, 6.45) is 3.23. The first kappa shape index (κ1) is 13.3. The maximum atomic E-state index is 12.1. The molecule has 0 aromatic rings. The van der Waals surface area contributed by atoms with Crippen molar-refractivity contribution in [2.75, 3.05) is 33.3 Å². The average Bonchev–Trinajstić information content (AvgIpc) is 2.91. The molecule has 2 fully saturated rings. The van der Waals surface area contributed by atoms with Crippen LogP contribution in [0.5, 0.6) is 0 Å². The van der Waals surface area contributed by atoms with E-state index in [1.807, 2.05) is 4.90 Å². The van der Waals surface area contributed by atoms with Gasteiger partial charge in [-0.2, -0.15) is 0 Å². The Bertz CT molecular complexity index is 305. The fourth-order valence-electron chi connectivity index (χ4n) is 2.80. The minimum Gasteiger partial charge on any atom is -0.469 e. The molecule has 5 nitrogen and oxygen atoms in total. The van der Waals surface area contributed by atoms with Crippen LogP contribution in [0.15, 0.2) is 0 Å². The molecule has 1 atom stereocenters. The number of rotatable bonds is 3. The molecule has 102 valence electrons. The third-order valence-corrected chi connectivity index (χ3v) is 4.01. The predicted octanol–water partition coefficient (Wildman–Crippen LogP) is 0.398. The zero-order valence-electron chi connectivity index (χ0n) is 11.0. The monoisotopic (exact) mass is 254 g/mol. The molecule has 0 aliphatic carbocycles. The van der Waals surface area contributed by atoms with Crippen LogP contribution >= 0.6 is 0 Å². The fourth-order valence-corrected chi connectivity index (χ4v) is 2.80. The molecule has 2 aliphatic heterocycles. The molecular weight excluding hydrogens is 232 g/mol. The van der Waals surface area contributed by atoms with Crippen LogP contribution < -0.4 is 5.32 Å². The molecule has 2 saturated heterocycles. The minimum absolute atomic E-state index is 0.0211. The van der Waals surface area contributed by atoms with Gasteiger partial charge in [-0.3, -0.25) is 9.59 Å². The van der Waals surface area contributed by atoms with E-state index in [0.717, 1.165) is 32.4 Å². The molecule has 1 amide bonds.